The number of nitrogens with zero attached hydrogens (tertiary/aromatic N) is 5. The van der Waals surface area contributed by atoms with Gasteiger partial charge in [-0.3, -0.25) is 0 Å². The van der Waals surface area contributed by atoms with E-state index in [1.807, 2.05) is 0 Å². The molecule has 0 aromatic heterocycles. The van der Waals surface area contributed by atoms with Gasteiger partial charge in [0, 0.05) is 21.6 Å². The first-order chi connectivity index (χ1) is 6.60. The first-order valence-electron chi connectivity index (χ1n) is 3.37. The van der Waals surface area contributed by atoms with E-state index in [1.165, 1.54) is 24.3 Å². The molecule has 0 saturated heterocycles. The molecule has 1 aromatic carbocycles. The maximum atomic E-state index is 11.1. The molecule has 0 aliphatic rings. The van der Waals surface area contributed by atoms with Crippen molar-refractivity contribution in [3.05, 3.63) is 39.7 Å². The topological polar surface area (TPSA) is 111 Å². The zero-order valence-corrected chi connectivity index (χ0v) is 7.59. The highest BCUT2D eigenvalue weighted by Gasteiger charge is 2.13. The Bertz CT molecular complexity index is 520. The van der Waals surface area contributed by atoms with Gasteiger partial charge in [0.1, 0.15) is 0 Å². The molecule has 0 heterocycles. The van der Waals surface area contributed by atoms with Crippen LogP contribution in [-0.2, 0) is 10.0 Å². The van der Waals surface area contributed by atoms with E-state index in [-0.39, 0.29) is 10.6 Å². The van der Waals surface area contributed by atoms with Gasteiger partial charge in [-0.2, -0.15) is 0 Å². The van der Waals surface area contributed by atoms with Crippen LogP contribution in [0.3, 0.4) is 0 Å². The van der Waals surface area contributed by atoms with Crippen LogP contribution in [0.2, 0.25) is 0 Å². The maximum absolute atomic E-state index is 11.1. The summed E-state index contributed by atoms with van der Waals surface area (Å²) in [5.41, 5.74) is 8.20. The average molecular weight is 210 g/mol. The molecular weight excluding hydrogens is 206 g/mol. The lowest BCUT2D eigenvalue weighted by Gasteiger charge is -1.92. The van der Waals surface area contributed by atoms with Crippen molar-refractivity contribution in [3.63, 3.8) is 0 Å². The van der Waals surface area contributed by atoms with Gasteiger partial charge >= 0.3 is 5.69 Å². The van der Waals surface area contributed by atoms with Gasteiger partial charge < -0.3 is 0 Å². The van der Waals surface area contributed by atoms with Gasteiger partial charge in [0.15, 0.2) is 4.98 Å². The van der Waals surface area contributed by atoms with Crippen molar-refractivity contribution in [1.29, 1.82) is 5.39 Å². The van der Waals surface area contributed by atoms with Crippen molar-refractivity contribution < 1.29 is 8.42 Å². The minimum atomic E-state index is -3.95. The normalized spacial score (nSPS) is 9.93. The van der Waals surface area contributed by atoms with Gasteiger partial charge in [-0.05, 0) is 17.7 Å². The SMILES string of the molecule is N#[N+]c1ccc(S(=O)(=O)N=[N+]=[N-])cc1. The average Bonchev–Trinajstić information content (AvgIpc) is 2.18. The molecule has 0 bridgehead atoms. The molecule has 8 heteroatoms. The lowest BCUT2D eigenvalue weighted by Crippen LogP contribution is -1.93. The molecule has 0 aliphatic carbocycles. The number of sulfonamides is 1. The van der Waals surface area contributed by atoms with E-state index in [1.54, 1.807) is 0 Å². The molecule has 0 radical (unpaired) electrons. The summed E-state index contributed by atoms with van der Waals surface area (Å²) in [4.78, 5) is 4.88. The molecule has 0 saturated carbocycles. The molecule has 0 atom stereocenters. The van der Waals surface area contributed by atoms with Gasteiger partial charge in [0.2, 0.25) is 5.39 Å². The molecule has 0 spiro atoms. The summed E-state index contributed by atoms with van der Waals surface area (Å²) in [5, 5.41) is 8.33. The lowest BCUT2D eigenvalue weighted by molar-refractivity contribution is 0.597. The smallest absolute Gasteiger partial charge is 0.216 e. The third-order valence-electron chi connectivity index (χ3n) is 1.39. The first kappa shape index (κ1) is 9.98. The Balaban J connectivity index is 3.24. The molecule has 70 valence electrons. The van der Waals surface area contributed by atoms with Crippen LogP contribution in [0.15, 0.2) is 33.7 Å². The Hall–Kier alpha value is -2.10. The highest BCUT2D eigenvalue weighted by molar-refractivity contribution is 7.90. The van der Waals surface area contributed by atoms with Gasteiger partial charge in [-0.25, -0.2) is 8.42 Å². The van der Waals surface area contributed by atoms with Crippen LogP contribution in [0.4, 0.5) is 5.69 Å². The second kappa shape index (κ2) is 3.74. The van der Waals surface area contributed by atoms with E-state index in [0.717, 1.165) is 0 Å². The Morgan fingerprint density at radius 1 is 1.29 bits per heavy atom. The monoisotopic (exact) mass is 210 g/mol. The fourth-order valence-electron chi connectivity index (χ4n) is 0.780. The lowest BCUT2D eigenvalue weighted by atomic mass is 10.3. The Morgan fingerprint density at radius 2 is 1.86 bits per heavy atom. The van der Waals surface area contributed by atoms with Crippen LogP contribution in [0.1, 0.15) is 0 Å². The minimum absolute atomic E-state index is 0.150. The predicted octanol–water partition coefficient (Wildman–Crippen LogP) is 2.17. The second-order valence-electron chi connectivity index (χ2n) is 2.24. The van der Waals surface area contributed by atoms with Crippen LogP contribution in [0, 0.1) is 5.39 Å². The molecule has 7 nitrogen and oxygen atoms in total. The summed E-state index contributed by atoms with van der Waals surface area (Å²) in [5.74, 6) is 0. The zero-order valence-electron chi connectivity index (χ0n) is 6.77. The molecule has 0 N–H and O–H groups in total. The molecule has 0 amide bonds. The number of benzene rings is 1. The number of hydrogen-bond acceptors (Lipinski definition) is 3. The summed E-state index contributed by atoms with van der Waals surface area (Å²) in [6, 6.07) is 4.91. The molecule has 0 aliphatic heterocycles. The minimum Gasteiger partial charge on any atom is -0.216 e. The molecule has 0 unspecified atom stereocenters. The van der Waals surface area contributed by atoms with Crippen molar-refractivity contribution >= 4 is 15.7 Å². The zero-order chi connectivity index (χ0) is 10.6. The van der Waals surface area contributed by atoms with Crippen LogP contribution in [0.5, 0.6) is 0 Å². The number of hydrogen-bond donors (Lipinski definition) is 0. The number of azide groups is 1. The summed E-state index contributed by atoms with van der Waals surface area (Å²) >= 11 is 0. The van der Waals surface area contributed by atoms with Gasteiger partial charge in [-0.15, -0.1) is 0 Å². The highest BCUT2D eigenvalue weighted by atomic mass is 32.2. The number of diazo groups is 1. The van der Waals surface area contributed by atoms with E-state index in [4.69, 9.17) is 10.9 Å². The highest BCUT2D eigenvalue weighted by Crippen LogP contribution is 2.17. The van der Waals surface area contributed by atoms with Crippen LogP contribution in [-0.4, -0.2) is 8.42 Å². The van der Waals surface area contributed by atoms with E-state index in [9.17, 15) is 8.42 Å². The van der Waals surface area contributed by atoms with Gasteiger partial charge in [0.05, 0.1) is 4.90 Å². The van der Waals surface area contributed by atoms with Crippen molar-refractivity contribution in [1.82, 2.24) is 0 Å². The fourth-order valence-corrected chi connectivity index (χ4v) is 1.45. The molecule has 0 fully saturated rings. The summed E-state index contributed by atoms with van der Waals surface area (Å²) < 4.78 is 24.9. The molecule has 14 heavy (non-hydrogen) atoms. The Kier molecular flexibility index (Phi) is 2.67. The Morgan fingerprint density at radius 3 is 2.29 bits per heavy atom. The van der Waals surface area contributed by atoms with Crippen molar-refractivity contribution in [2.75, 3.05) is 0 Å². The van der Waals surface area contributed by atoms with Crippen molar-refractivity contribution in [2.24, 2.45) is 4.52 Å². The summed E-state index contributed by atoms with van der Waals surface area (Å²) in [7, 11) is -3.95. The maximum Gasteiger partial charge on any atom is 0.385 e. The summed E-state index contributed by atoms with van der Waals surface area (Å²) in [6.07, 6.45) is 0. The molecule has 1 rings (SSSR count). The van der Waals surface area contributed by atoms with Crippen LogP contribution in [0.25, 0.3) is 15.4 Å². The standard InChI is InChI=1S/C6H4N5O2S/c7-9-5-1-3-6(4-2-5)14(12,13)11-10-8/h1-4H/q+1. The van der Waals surface area contributed by atoms with Gasteiger partial charge in [0.25, 0.3) is 10.0 Å². The van der Waals surface area contributed by atoms with E-state index in [2.05, 4.69) is 14.4 Å². The van der Waals surface area contributed by atoms with E-state index < -0.39 is 10.0 Å². The third-order valence-corrected chi connectivity index (χ3v) is 2.55. The first-order valence-corrected chi connectivity index (χ1v) is 4.81. The van der Waals surface area contributed by atoms with E-state index >= 15 is 0 Å². The predicted molar refractivity (Wildman–Crippen MR) is 47.5 cm³/mol. The largest absolute Gasteiger partial charge is 0.385 e. The van der Waals surface area contributed by atoms with Crippen LogP contribution < -0.4 is 0 Å². The molecule has 1 aromatic rings. The summed E-state index contributed by atoms with van der Waals surface area (Å²) in [6.45, 7) is 0. The van der Waals surface area contributed by atoms with E-state index in [0.29, 0.717) is 0 Å². The fraction of sp³-hybridized carbons (Fsp3) is 0. The number of rotatable bonds is 2. The Labute approximate surface area is 79.3 Å². The quantitative estimate of drug-likeness (QED) is 0.322. The van der Waals surface area contributed by atoms with Crippen molar-refractivity contribution in [3.8, 4) is 0 Å². The third kappa shape index (κ3) is 1.98. The molecular formula is C6H4N5O2S+. The van der Waals surface area contributed by atoms with Gasteiger partial charge in [-0.1, -0.05) is 0 Å². The van der Waals surface area contributed by atoms with Crippen LogP contribution >= 0.6 is 0 Å². The van der Waals surface area contributed by atoms with Crippen molar-refractivity contribution in [2.45, 2.75) is 4.90 Å². The second-order valence-corrected chi connectivity index (χ2v) is 3.82.